The van der Waals surface area contributed by atoms with Crippen LogP contribution in [0.1, 0.15) is 15.9 Å². The molecule has 0 fully saturated rings. The van der Waals surface area contributed by atoms with E-state index < -0.39 is 10.5 Å². The van der Waals surface area contributed by atoms with E-state index in [1.807, 2.05) is 0 Å². The summed E-state index contributed by atoms with van der Waals surface area (Å²) in [5.41, 5.74) is 0.654. The van der Waals surface area contributed by atoms with Gasteiger partial charge in [0.15, 0.2) is 5.78 Å². The summed E-state index contributed by atoms with van der Waals surface area (Å²) in [7, 11) is 0. The third kappa shape index (κ3) is 2.81. The van der Waals surface area contributed by atoms with Crippen LogP contribution in [0.15, 0.2) is 41.5 Å². The second-order valence-corrected chi connectivity index (χ2v) is 5.82. The van der Waals surface area contributed by atoms with Crippen molar-refractivity contribution in [3.05, 3.63) is 73.3 Å². The van der Waals surface area contributed by atoms with Crippen LogP contribution in [0.3, 0.4) is 0 Å². The van der Waals surface area contributed by atoms with Crippen LogP contribution in [-0.2, 0) is 6.54 Å². The van der Waals surface area contributed by atoms with E-state index in [2.05, 4.69) is 4.98 Å². The summed E-state index contributed by atoms with van der Waals surface area (Å²) in [6.45, 7) is 1.18. The first-order chi connectivity index (χ1) is 11.4. The second kappa shape index (κ2) is 5.93. The maximum atomic E-state index is 12.6. The number of aromatic amines is 1. The number of hydrogen-bond acceptors (Lipinski definition) is 4. The molecule has 0 unspecified atom stereocenters. The summed E-state index contributed by atoms with van der Waals surface area (Å²) in [4.78, 5) is 38.0. The molecule has 0 aliphatic rings. The number of hydrogen-bond donors (Lipinski definition) is 1. The van der Waals surface area contributed by atoms with E-state index in [-0.39, 0.29) is 23.6 Å². The van der Waals surface area contributed by atoms with Crippen LogP contribution in [0.2, 0.25) is 5.02 Å². The minimum atomic E-state index is -0.598. The molecular weight excluding hydrogens is 334 g/mol. The van der Waals surface area contributed by atoms with Gasteiger partial charge in [-0.15, -0.1) is 0 Å². The Morgan fingerprint density at radius 1 is 1.38 bits per heavy atom. The van der Waals surface area contributed by atoms with Gasteiger partial charge in [0.2, 0.25) is 0 Å². The highest BCUT2D eigenvalue weighted by atomic mass is 35.5. The van der Waals surface area contributed by atoms with Gasteiger partial charge in [0.05, 0.1) is 17.7 Å². The molecule has 1 aromatic carbocycles. The summed E-state index contributed by atoms with van der Waals surface area (Å²) in [6.07, 6.45) is 2.62. The quantitative estimate of drug-likeness (QED) is 0.446. The predicted octanol–water partition coefficient (Wildman–Crippen LogP) is 3.08. The maximum Gasteiger partial charge on any atom is 0.286 e. The van der Waals surface area contributed by atoms with Crippen molar-refractivity contribution in [2.24, 2.45) is 0 Å². The molecule has 0 amide bonds. The van der Waals surface area contributed by atoms with Crippen molar-refractivity contribution in [2.75, 3.05) is 0 Å². The molecule has 7 nitrogen and oxygen atoms in total. The van der Waals surface area contributed by atoms with Crippen LogP contribution >= 0.6 is 11.6 Å². The first-order valence-corrected chi connectivity index (χ1v) is 7.40. The van der Waals surface area contributed by atoms with Gasteiger partial charge in [-0.2, -0.15) is 0 Å². The molecule has 2 aromatic heterocycles. The van der Waals surface area contributed by atoms with Gasteiger partial charge in [-0.05, 0) is 25.1 Å². The lowest BCUT2D eigenvalue weighted by Crippen LogP contribution is -2.25. The molecule has 24 heavy (non-hydrogen) atoms. The summed E-state index contributed by atoms with van der Waals surface area (Å²) in [5, 5.41) is 12.1. The lowest BCUT2D eigenvalue weighted by Gasteiger charge is -2.06. The maximum absolute atomic E-state index is 12.6. The van der Waals surface area contributed by atoms with Crippen molar-refractivity contribution in [3.63, 3.8) is 0 Å². The Kier molecular flexibility index (Phi) is 3.94. The number of benzene rings is 1. The van der Waals surface area contributed by atoms with Crippen molar-refractivity contribution in [1.29, 1.82) is 0 Å². The molecule has 2 heterocycles. The Morgan fingerprint density at radius 2 is 2.12 bits per heavy atom. The van der Waals surface area contributed by atoms with E-state index in [1.54, 1.807) is 24.4 Å². The van der Waals surface area contributed by atoms with Gasteiger partial charge in [0, 0.05) is 39.3 Å². The molecule has 0 aliphatic heterocycles. The summed E-state index contributed by atoms with van der Waals surface area (Å²) < 4.78 is 1.05. The number of Topliss-reactive ketones (excluding diaryl/α,β-unsaturated/α-hetero) is 1. The zero-order chi connectivity index (χ0) is 17.4. The largest absolute Gasteiger partial charge is 0.360 e. The van der Waals surface area contributed by atoms with E-state index >= 15 is 0 Å². The van der Waals surface area contributed by atoms with E-state index in [0.717, 1.165) is 16.3 Å². The molecule has 3 rings (SSSR count). The number of carbonyl (C=O) groups is 1. The van der Waals surface area contributed by atoms with E-state index in [4.69, 9.17) is 11.6 Å². The lowest BCUT2D eigenvalue weighted by molar-refractivity contribution is -0.385. The first kappa shape index (κ1) is 15.9. The van der Waals surface area contributed by atoms with Crippen LogP contribution < -0.4 is 5.56 Å². The van der Waals surface area contributed by atoms with Crippen LogP contribution in [0.4, 0.5) is 5.69 Å². The van der Waals surface area contributed by atoms with Crippen LogP contribution in [-0.4, -0.2) is 20.3 Å². The number of carbonyl (C=O) groups excluding carboxylic acids is 1. The number of aryl methyl sites for hydroxylation is 1. The first-order valence-electron chi connectivity index (χ1n) is 7.02. The van der Waals surface area contributed by atoms with Gasteiger partial charge in [0.25, 0.3) is 11.2 Å². The average molecular weight is 346 g/mol. The minimum Gasteiger partial charge on any atom is -0.360 e. The smallest absolute Gasteiger partial charge is 0.286 e. The van der Waals surface area contributed by atoms with Crippen molar-refractivity contribution in [2.45, 2.75) is 13.5 Å². The van der Waals surface area contributed by atoms with Gasteiger partial charge < -0.3 is 9.55 Å². The van der Waals surface area contributed by atoms with E-state index in [1.165, 1.54) is 13.0 Å². The number of nitro groups is 1. The number of halogens is 1. The fourth-order valence-corrected chi connectivity index (χ4v) is 2.72. The van der Waals surface area contributed by atoms with Gasteiger partial charge in [-0.1, -0.05) is 11.6 Å². The standard InChI is InChI=1S/C16H12ClN3O4/c1-9-4-11(20(23)24)7-19(16(9)22)8-15(21)13-6-18-14-3-2-10(17)5-12(13)14/h2-7,18H,8H2,1H3. The number of fused-ring (bicyclic) bond motifs is 1. The lowest BCUT2D eigenvalue weighted by atomic mass is 10.1. The zero-order valence-corrected chi connectivity index (χ0v) is 13.3. The second-order valence-electron chi connectivity index (χ2n) is 5.39. The van der Waals surface area contributed by atoms with Crippen LogP contribution in [0.25, 0.3) is 10.9 Å². The SMILES string of the molecule is Cc1cc([N+](=O)[O-])cn(CC(=O)c2c[nH]c3ccc(Cl)cc23)c1=O. The minimum absolute atomic E-state index is 0.207. The zero-order valence-electron chi connectivity index (χ0n) is 12.6. The number of pyridine rings is 1. The monoisotopic (exact) mass is 345 g/mol. The Labute approximate surface area is 140 Å². The normalized spacial score (nSPS) is 10.9. The Morgan fingerprint density at radius 3 is 2.83 bits per heavy atom. The molecule has 0 aliphatic carbocycles. The molecule has 3 aromatic rings. The number of aromatic nitrogens is 2. The predicted molar refractivity (Wildman–Crippen MR) is 89.7 cm³/mol. The van der Waals surface area contributed by atoms with Crippen LogP contribution in [0, 0.1) is 17.0 Å². The van der Waals surface area contributed by atoms with Crippen molar-refractivity contribution >= 4 is 34.0 Å². The van der Waals surface area contributed by atoms with Crippen molar-refractivity contribution < 1.29 is 9.72 Å². The molecule has 0 saturated carbocycles. The molecule has 0 radical (unpaired) electrons. The van der Waals surface area contributed by atoms with Gasteiger partial charge in [-0.25, -0.2) is 0 Å². The number of rotatable bonds is 4. The molecule has 8 heteroatoms. The van der Waals surface area contributed by atoms with Gasteiger partial charge in [-0.3, -0.25) is 19.7 Å². The Balaban J connectivity index is 2.02. The average Bonchev–Trinajstić information content (AvgIpc) is 2.94. The summed E-state index contributed by atoms with van der Waals surface area (Å²) >= 11 is 5.96. The molecular formula is C16H12ClN3O4. The van der Waals surface area contributed by atoms with E-state index in [0.29, 0.717) is 16.0 Å². The van der Waals surface area contributed by atoms with Crippen LogP contribution in [0.5, 0.6) is 0 Å². The highest BCUT2D eigenvalue weighted by molar-refractivity contribution is 6.31. The molecule has 0 atom stereocenters. The van der Waals surface area contributed by atoms with Gasteiger partial charge in [0.1, 0.15) is 0 Å². The summed E-state index contributed by atoms with van der Waals surface area (Å²) in [5.74, 6) is -0.342. The van der Waals surface area contributed by atoms with Gasteiger partial charge >= 0.3 is 0 Å². The Bertz CT molecular complexity index is 1040. The van der Waals surface area contributed by atoms with E-state index in [9.17, 15) is 19.7 Å². The fraction of sp³-hybridized carbons (Fsp3) is 0.125. The number of nitrogens with one attached hydrogen (secondary N) is 1. The molecule has 0 bridgehead atoms. The number of H-pyrrole nitrogens is 1. The molecule has 122 valence electrons. The topological polar surface area (TPSA) is 98.0 Å². The molecule has 0 spiro atoms. The number of ketones is 1. The molecule has 0 saturated heterocycles. The van der Waals surface area contributed by atoms with Crippen molar-refractivity contribution in [3.8, 4) is 0 Å². The van der Waals surface area contributed by atoms with Crippen molar-refractivity contribution in [1.82, 2.24) is 9.55 Å². The summed E-state index contributed by atoms with van der Waals surface area (Å²) in [6, 6.07) is 6.29. The highest BCUT2D eigenvalue weighted by Crippen LogP contribution is 2.23. The number of nitrogens with zero attached hydrogens (tertiary/aromatic N) is 2. The Hall–Kier alpha value is -2.93. The third-order valence-corrected chi connectivity index (χ3v) is 3.95. The fourth-order valence-electron chi connectivity index (χ4n) is 2.55. The molecule has 1 N–H and O–H groups in total. The highest BCUT2D eigenvalue weighted by Gasteiger charge is 2.17. The third-order valence-electron chi connectivity index (χ3n) is 3.72.